The number of thiol groups is 1. The number of nitrogens with zero attached hydrogens (tertiary/aromatic N) is 1. The fraction of sp³-hybridized carbons (Fsp3) is 0.538. The zero-order chi connectivity index (χ0) is 17.7. The number of ether oxygens (including phenoxy) is 1. The molecule has 0 spiro atoms. The van der Waals surface area contributed by atoms with Crippen LogP contribution in [0.1, 0.15) is 24.6 Å². The van der Waals surface area contributed by atoms with Gasteiger partial charge in [0.15, 0.2) is 0 Å². The second-order valence-corrected chi connectivity index (χ2v) is 20.1. The summed E-state index contributed by atoms with van der Waals surface area (Å²) in [7, 11) is 0. The summed E-state index contributed by atoms with van der Waals surface area (Å²) in [4.78, 5) is 26.2. The summed E-state index contributed by atoms with van der Waals surface area (Å²) in [5.74, 6) is 5.81. The van der Waals surface area contributed by atoms with Crippen LogP contribution in [-0.4, -0.2) is 43.4 Å². The van der Waals surface area contributed by atoms with Crippen LogP contribution in [0.3, 0.4) is 0 Å². The van der Waals surface area contributed by atoms with Crippen molar-refractivity contribution in [1.29, 1.82) is 0 Å². The molecule has 0 aliphatic carbocycles. The number of hydrogen-bond donors (Lipinski definition) is 2. The number of hydrogen-bond acceptors (Lipinski definition) is 5. The van der Waals surface area contributed by atoms with Crippen molar-refractivity contribution in [2.45, 2.75) is 29.8 Å². The normalized spacial score (nSPS) is 20.7. The number of nitrogens with one attached hydrogen (secondary N) is 1. The third-order valence-electron chi connectivity index (χ3n) is 3.15. The standard InChI is InChI=1S/C13H13Br3N2O4STe/c14-13(15,16)24-5-1-2-8-6-18(12(20)17-11(8)19)10-4-3-9(22-10)7-21-23/h6,9-10,23H,3-5,7H2,(H,17,19,20). The van der Waals surface area contributed by atoms with E-state index in [1.54, 1.807) is 0 Å². The molecule has 1 aromatic heterocycles. The first-order valence-corrected chi connectivity index (χ1v) is 12.3. The fourth-order valence-corrected chi connectivity index (χ4v) is 5.48. The Kier molecular flexibility index (Phi) is 8.43. The van der Waals surface area contributed by atoms with Gasteiger partial charge in [-0.15, -0.1) is 0 Å². The van der Waals surface area contributed by atoms with Crippen molar-refractivity contribution in [2.75, 3.05) is 6.61 Å². The maximum atomic E-state index is 12.0. The zero-order valence-corrected chi connectivity index (χ0v) is 20.1. The van der Waals surface area contributed by atoms with Gasteiger partial charge in [0.25, 0.3) is 0 Å². The van der Waals surface area contributed by atoms with E-state index in [4.69, 9.17) is 8.92 Å². The molecule has 0 radical (unpaired) electrons. The zero-order valence-electron chi connectivity index (χ0n) is 12.1. The number of rotatable bonds is 4. The fourth-order valence-electron chi connectivity index (χ4n) is 2.13. The van der Waals surface area contributed by atoms with Gasteiger partial charge in [0.1, 0.15) is 0 Å². The maximum absolute atomic E-state index is 12.0. The van der Waals surface area contributed by atoms with Crippen molar-refractivity contribution in [3.05, 3.63) is 32.6 Å². The predicted molar refractivity (Wildman–Crippen MR) is 106 cm³/mol. The van der Waals surface area contributed by atoms with Crippen molar-refractivity contribution in [1.82, 2.24) is 9.55 Å². The van der Waals surface area contributed by atoms with E-state index in [2.05, 4.69) is 77.5 Å². The second-order valence-electron chi connectivity index (χ2n) is 4.83. The molecule has 1 aliphatic rings. The van der Waals surface area contributed by atoms with E-state index in [0.29, 0.717) is 17.5 Å². The average Bonchev–Trinajstić information content (AvgIpc) is 2.93. The molecule has 1 N–H and O–H groups in total. The van der Waals surface area contributed by atoms with Gasteiger partial charge in [0.2, 0.25) is 0 Å². The van der Waals surface area contributed by atoms with Crippen LogP contribution in [0, 0.1) is 11.8 Å². The van der Waals surface area contributed by atoms with Gasteiger partial charge in [0.05, 0.1) is 0 Å². The number of aromatic amines is 1. The molecule has 6 nitrogen and oxygen atoms in total. The number of aromatic nitrogens is 2. The summed E-state index contributed by atoms with van der Waals surface area (Å²) >= 11 is 13.5. The van der Waals surface area contributed by atoms with E-state index in [1.165, 1.54) is 10.8 Å². The Bertz CT molecular complexity index is 753. The van der Waals surface area contributed by atoms with Crippen LogP contribution in [0.15, 0.2) is 15.8 Å². The van der Waals surface area contributed by atoms with Gasteiger partial charge in [-0.25, -0.2) is 0 Å². The Labute approximate surface area is 179 Å². The van der Waals surface area contributed by atoms with Crippen LogP contribution in [0.5, 0.6) is 0 Å². The first kappa shape index (κ1) is 21.0. The van der Waals surface area contributed by atoms with Crippen molar-refractivity contribution in [2.24, 2.45) is 0 Å². The summed E-state index contributed by atoms with van der Waals surface area (Å²) in [5, 5.41) is 0. The molecule has 1 saturated heterocycles. The van der Waals surface area contributed by atoms with Gasteiger partial charge in [0, 0.05) is 0 Å². The molecule has 2 unspecified atom stereocenters. The Morgan fingerprint density at radius 3 is 2.88 bits per heavy atom. The third-order valence-corrected chi connectivity index (χ3v) is 9.67. The van der Waals surface area contributed by atoms with E-state index < -0.39 is 38.4 Å². The van der Waals surface area contributed by atoms with E-state index in [-0.39, 0.29) is 11.9 Å². The van der Waals surface area contributed by atoms with Gasteiger partial charge in [-0.05, 0) is 0 Å². The number of H-pyrrole nitrogens is 1. The summed E-state index contributed by atoms with van der Waals surface area (Å²) in [6, 6.07) is 0. The molecule has 2 heterocycles. The molecule has 2 rings (SSSR count). The molecule has 24 heavy (non-hydrogen) atoms. The number of halogens is 3. The van der Waals surface area contributed by atoms with Crippen molar-refractivity contribution in [3.63, 3.8) is 0 Å². The van der Waals surface area contributed by atoms with Gasteiger partial charge in [-0.2, -0.15) is 0 Å². The Balaban J connectivity index is 2.16. The summed E-state index contributed by atoms with van der Waals surface area (Å²) in [6.45, 7) is 0.349. The first-order chi connectivity index (χ1) is 11.3. The quantitative estimate of drug-likeness (QED) is 0.171. The van der Waals surface area contributed by atoms with Crippen molar-refractivity contribution in [3.8, 4) is 11.8 Å². The Hall–Kier alpha value is 0.740. The van der Waals surface area contributed by atoms with E-state index in [0.717, 1.165) is 6.42 Å². The molecule has 0 saturated carbocycles. The first-order valence-electron chi connectivity index (χ1n) is 6.77. The molecule has 0 aromatic carbocycles. The molecule has 11 heteroatoms. The van der Waals surface area contributed by atoms with Crippen molar-refractivity contribution >= 4 is 81.6 Å². The second kappa shape index (κ2) is 9.61. The van der Waals surface area contributed by atoms with E-state index in [1.807, 2.05) is 0 Å². The predicted octanol–water partition coefficient (Wildman–Crippen LogP) is 2.35. The molecule has 1 fully saturated rings. The van der Waals surface area contributed by atoms with Crippen LogP contribution in [-0.2, 0) is 8.92 Å². The molecular formula is C13H13Br3N2O4STe. The van der Waals surface area contributed by atoms with Crippen LogP contribution in [0.25, 0.3) is 0 Å². The molecule has 1 aromatic rings. The van der Waals surface area contributed by atoms with Crippen LogP contribution in [0.4, 0.5) is 0 Å². The monoisotopic (exact) mass is 660 g/mol. The van der Waals surface area contributed by atoms with Gasteiger partial charge in [-0.3, -0.25) is 0 Å². The minimum absolute atomic E-state index is 0.114. The molecule has 132 valence electrons. The topological polar surface area (TPSA) is 73.3 Å². The minimum atomic E-state index is -0.503. The molecule has 0 amide bonds. The SMILES string of the molecule is O=c1[nH]c(=O)n(C2CCC(COS)O2)cc1C#CC[Te]C(Br)(Br)Br. The average molecular weight is 661 g/mol. The molecule has 2 atom stereocenters. The van der Waals surface area contributed by atoms with Crippen LogP contribution in [0.2, 0.25) is 4.47 Å². The van der Waals surface area contributed by atoms with E-state index >= 15 is 0 Å². The summed E-state index contributed by atoms with van der Waals surface area (Å²) < 4.78 is 12.3. The van der Waals surface area contributed by atoms with Crippen LogP contribution >= 0.6 is 60.7 Å². The van der Waals surface area contributed by atoms with E-state index in [9.17, 15) is 9.59 Å². The number of alkyl halides is 3. The molecule has 1 aliphatic heterocycles. The summed E-state index contributed by atoms with van der Waals surface area (Å²) in [6.07, 6.45) is 2.33. The van der Waals surface area contributed by atoms with Crippen molar-refractivity contribution < 1.29 is 8.92 Å². The Morgan fingerprint density at radius 2 is 2.21 bits per heavy atom. The van der Waals surface area contributed by atoms with Gasteiger partial charge >= 0.3 is 181 Å². The van der Waals surface area contributed by atoms with Gasteiger partial charge in [-0.1, -0.05) is 0 Å². The van der Waals surface area contributed by atoms with Gasteiger partial charge < -0.3 is 0 Å². The Morgan fingerprint density at radius 1 is 1.46 bits per heavy atom. The third kappa shape index (κ3) is 6.48. The van der Waals surface area contributed by atoms with Crippen LogP contribution < -0.4 is 11.2 Å². The molecular weight excluding hydrogens is 648 g/mol. The summed E-state index contributed by atoms with van der Waals surface area (Å²) in [5.41, 5.74) is -0.735. The molecule has 0 bridgehead atoms.